The number of rotatable bonds is 0. The fourth-order valence-electron chi connectivity index (χ4n) is 0.0589. The summed E-state index contributed by atoms with van der Waals surface area (Å²) < 4.78 is 9.23. The third-order valence-corrected chi connectivity index (χ3v) is 0.203. The Morgan fingerprint density at radius 1 is 1.80 bits per heavy atom. The monoisotopic (exact) mass is 66.0 g/mol. The van der Waals surface area contributed by atoms with Crippen molar-refractivity contribution in [2.24, 2.45) is 0 Å². The van der Waals surface area contributed by atoms with E-state index in [1.165, 1.54) is 0 Å². The van der Waals surface area contributed by atoms with E-state index in [0.717, 1.165) is 0 Å². The van der Waals surface area contributed by atoms with Crippen molar-refractivity contribution in [3.05, 3.63) is 0 Å². The van der Waals surface area contributed by atoms with E-state index < -0.39 is 0 Å². The molecule has 0 unspecified atom stereocenters. The summed E-state index contributed by atoms with van der Waals surface area (Å²) in [6.45, 7) is 1.62. The fourth-order valence-corrected chi connectivity index (χ4v) is 0.0589. The Labute approximate surface area is 31.6 Å². The van der Waals surface area contributed by atoms with Gasteiger partial charge in [0.1, 0.15) is 0 Å². The standard InChI is InChI=1S/C3H3BO/c1-2-3-4-5/h1H3. The Morgan fingerprint density at radius 3 is 2.40 bits per heavy atom. The van der Waals surface area contributed by atoms with Gasteiger partial charge in [0, 0.05) is 0 Å². The van der Waals surface area contributed by atoms with Crippen LogP contribution in [0.15, 0.2) is 0 Å². The second-order valence-electron chi connectivity index (χ2n) is 0.512. The minimum atomic E-state index is 0.569. The van der Waals surface area contributed by atoms with Gasteiger partial charge in [-0.05, 0) is 0 Å². The van der Waals surface area contributed by atoms with E-state index in [-0.39, 0.29) is 0 Å². The van der Waals surface area contributed by atoms with Crippen molar-refractivity contribution in [2.75, 3.05) is 0 Å². The van der Waals surface area contributed by atoms with Gasteiger partial charge in [0.15, 0.2) is 0 Å². The fraction of sp³-hybridized carbons (Fsp3) is 0.333. The molecule has 0 amide bonds. The maximum absolute atomic E-state index is 9.23. The topological polar surface area (TPSA) is 17.1 Å². The van der Waals surface area contributed by atoms with Gasteiger partial charge in [0.2, 0.25) is 0 Å². The van der Waals surface area contributed by atoms with Crippen molar-refractivity contribution in [1.29, 1.82) is 0 Å². The van der Waals surface area contributed by atoms with Crippen molar-refractivity contribution in [1.82, 2.24) is 0 Å². The predicted molar refractivity (Wildman–Crippen MR) is 19.9 cm³/mol. The summed E-state index contributed by atoms with van der Waals surface area (Å²) in [4.78, 5) is 0. The molecule has 0 aromatic carbocycles. The molecule has 0 radical (unpaired) electrons. The third-order valence-electron chi connectivity index (χ3n) is 0.203. The maximum atomic E-state index is 9.23. The van der Waals surface area contributed by atoms with Gasteiger partial charge < -0.3 is 0 Å². The second-order valence-corrected chi connectivity index (χ2v) is 0.512. The molecular weight excluding hydrogens is 62.8 g/mol. The molecule has 0 saturated carbocycles. The molecule has 1 nitrogen and oxygen atoms in total. The third kappa shape index (κ3) is 3.42. The van der Waals surface area contributed by atoms with Crippen LogP contribution in [0.5, 0.6) is 0 Å². The van der Waals surface area contributed by atoms with Crippen LogP contribution in [-0.4, -0.2) is 7.15 Å². The van der Waals surface area contributed by atoms with Crippen LogP contribution in [0.2, 0.25) is 0 Å². The summed E-state index contributed by atoms with van der Waals surface area (Å²) in [6, 6.07) is 0. The van der Waals surface area contributed by atoms with Gasteiger partial charge in [-0.1, -0.05) is 0 Å². The zero-order chi connectivity index (χ0) is 4.12. The van der Waals surface area contributed by atoms with Gasteiger partial charge in [-0.3, -0.25) is 0 Å². The molecule has 0 atom stereocenters. The minimum absolute atomic E-state index is 0.569. The van der Waals surface area contributed by atoms with E-state index in [9.17, 15) is 4.70 Å². The Bertz CT molecular complexity index is 76.6. The summed E-state index contributed by atoms with van der Waals surface area (Å²) in [6.07, 6.45) is 0. The van der Waals surface area contributed by atoms with Gasteiger partial charge in [0.05, 0.1) is 0 Å². The first-order valence-electron chi connectivity index (χ1n) is 1.27. The summed E-state index contributed by atoms with van der Waals surface area (Å²) in [7, 11) is 0.569. The summed E-state index contributed by atoms with van der Waals surface area (Å²) in [5.74, 6) is 4.58. The first-order chi connectivity index (χ1) is 2.41. The van der Waals surface area contributed by atoms with Crippen LogP contribution in [-0.2, 0) is 4.70 Å². The molecule has 0 bridgehead atoms. The molecule has 0 N–H and O–H groups in total. The number of hydrogen-bond donors (Lipinski definition) is 0. The zero-order valence-electron chi connectivity index (χ0n) is 2.99. The van der Waals surface area contributed by atoms with Crippen LogP contribution >= 0.6 is 0 Å². The molecule has 0 aromatic rings. The first kappa shape index (κ1) is 4.42. The van der Waals surface area contributed by atoms with Crippen molar-refractivity contribution < 1.29 is 4.70 Å². The van der Waals surface area contributed by atoms with E-state index in [0.29, 0.717) is 7.15 Å². The van der Waals surface area contributed by atoms with Crippen LogP contribution in [0, 0.1) is 11.7 Å². The van der Waals surface area contributed by atoms with Crippen LogP contribution in [0.1, 0.15) is 6.92 Å². The molecule has 0 saturated heterocycles. The molecule has 0 aliphatic heterocycles. The molecule has 24 valence electrons. The molecule has 0 fully saturated rings. The SMILES string of the molecule is CC#CB=O. The molecule has 0 aliphatic carbocycles. The van der Waals surface area contributed by atoms with E-state index in [1.54, 1.807) is 6.92 Å². The summed E-state index contributed by atoms with van der Waals surface area (Å²) in [5, 5.41) is 0. The van der Waals surface area contributed by atoms with E-state index in [2.05, 4.69) is 11.7 Å². The summed E-state index contributed by atoms with van der Waals surface area (Å²) >= 11 is 0. The predicted octanol–water partition coefficient (Wildman–Crippen LogP) is 0.0169. The van der Waals surface area contributed by atoms with Gasteiger partial charge in [0.25, 0.3) is 0 Å². The van der Waals surface area contributed by atoms with E-state index in [4.69, 9.17) is 0 Å². The Morgan fingerprint density at radius 2 is 2.40 bits per heavy atom. The second kappa shape index (κ2) is 3.42. The Hall–Kier alpha value is -0.575. The molecule has 5 heavy (non-hydrogen) atoms. The average molecular weight is 65.9 g/mol. The van der Waals surface area contributed by atoms with Crippen molar-refractivity contribution >= 4 is 7.15 Å². The molecular formula is C3H3BO. The van der Waals surface area contributed by atoms with Crippen molar-refractivity contribution in [3.8, 4) is 11.7 Å². The first-order valence-corrected chi connectivity index (χ1v) is 1.27. The number of hydrogen-bond acceptors (Lipinski definition) is 1. The van der Waals surface area contributed by atoms with Crippen LogP contribution in [0.25, 0.3) is 0 Å². The molecule has 0 aliphatic rings. The molecule has 0 heterocycles. The zero-order valence-corrected chi connectivity index (χ0v) is 2.99. The Balaban J connectivity index is 3.16. The van der Waals surface area contributed by atoms with Gasteiger partial charge in [-0.15, -0.1) is 0 Å². The summed E-state index contributed by atoms with van der Waals surface area (Å²) in [5.41, 5.74) is 0. The molecule has 0 aromatic heterocycles. The average Bonchev–Trinajstić information content (AvgIpc) is 1.41. The van der Waals surface area contributed by atoms with E-state index in [1.807, 2.05) is 0 Å². The molecule has 0 spiro atoms. The van der Waals surface area contributed by atoms with Gasteiger partial charge in [-0.2, -0.15) is 0 Å². The molecule has 2 heteroatoms. The van der Waals surface area contributed by atoms with E-state index >= 15 is 0 Å². The molecule has 0 rings (SSSR count). The van der Waals surface area contributed by atoms with Crippen LogP contribution in [0.4, 0.5) is 0 Å². The van der Waals surface area contributed by atoms with Crippen LogP contribution < -0.4 is 0 Å². The normalized spacial score (nSPS) is 3.40. The Kier molecular flexibility index (Phi) is 3.03. The van der Waals surface area contributed by atoms with Crippen molar-refractivity contribution in [2.45, 2.75) is 6.92 Å². The van der Waals surface area contributed by atoms with Crippen molar-refractivity contribution in [3.63, 3.8) is 0 Å². The van der Waals surface area contributed by atoms with Crippen LogP contribution in [0.3, 0.4) is 0 Å². The van der Waals surface area contributed by atoms with Gasteiger partial charge >= 0.3 is 30.5 Å². The quantitative estimate of drug-likeness (QED) is 0.287. The van der Waals surface area contributed by atoms with Gasteiger partial charge in [-0.25, -0.2) is 0 Å².